The van der Waals surface area contributed by atoms with Crippen molar-refractivity contribution in [1.82, 2.24) is 10.1 Å². The van der Waals surface area contributed by atoms with E-state index >= 15 is 0 Å². The van der Waals surface area contributed by atoms with E-state index in [0.29, 0.717) is 25.9 Å². The molecule has 2 aliphatic heterocycles. The monoisotopic (exact) mass is 416 g/mol. The Balaban J connectivity index is 1.96. The maximum atomic E-state index is 10.9. The highest BCUT2D eigenvalue weighted by Crippen LogP contribution is 2.45. The minimum absolute atomic E-state index is 0.100. The lowest BCUT2D eigenvalue weighted by Crippen LogP contribution is -2.64. The third-order valence-electron chi connectivity index (χ3n) is 8.34. The zero-order chi connectivity index (χ0) is 22.5. The molecule has 2 saturated heterocycles. The average Bonchev–Trinajstić information content (AvgIpc) is 2.57. The molecule has 0 aromatic heterocycles. The maximum absolute atomic E-state index is 10.9. The van der Waals surface area contributed by atoms with Crippen LogP contribution in [0.15, 0.2) is 0 Å². The fourth-order valence-electron chi connectivity index (χ4n) is 4.15. The van der Waals surface area contributed by atoms with Crippen molar-refractivity contribution in [2.24, 2.45) is 10.8 Å². The molecule has 2 rings (SSSR count). The van der Waals surface area contributed by atoms with Gasteiger partial charge in [0.15, 0.2) is 0 Å². The molecule has 0 amide bonds. The molecule has 2 fully saturated rings. The normalized spacial score (nSPS) is 33.9. The van der Waals surface area contributed by atoms with Gasteiger partial charge in [-0.2, -0.15) is 10.1 Å². The van der Waals surface area contributed by atoms with Crippen LogP contribution in [0.5, 0.6) is 0 Å². The Hall–Kier alpha value is -0.280. The number of hydrogen-bond acceptors (Lipinski definition) is 7. The Morgan fingerprint density at radius 1 is 0.759 bits per heavy atom. The lowest BCUT2D eigenvalue weighted by molar-refractivity contribution is -0.318. The average molecular weight is 417 g/mol. The van der Waals surface area contributed by atoms with Crippen LogP contribution in [0.1, 0.15) is 75.2 Å². The van der Waals surface area contributed by atoms with Gasteiger partial charge in [0, 0.05) is 35.0 Å². The third kappa shape index (κ3) is 4.52. The number of hydroxylamine groups is 4. The molecule has 7 nitrogen and oxygen atoms in total. The van der Waals surface area contributed by atoms with Crippen molar-refractivity contribution in [1.29, 1.82) is 0 Å². The van der Waals surface area contributed by atoms with Crippen molar-refractivity contribution in [3.8, 4) is 0 Å². The van der Waals surface area contributed by atoms with Gasteiger partial charge in [0.1, 0.15) is 5.60 Å². The second kappa shape index (κ2) is 8.01. The molecule has 2 aliphatic rings. The predicted octanol–water partition coefficient (Wildman–Crippen LogP) is 2.34. The van der Waals surface area contributed by atoms with Crippen LogP contribution in [-0.2, 0) is 9.68 Å². The Labute approximate surface area is 176 Å². The van der Waals surface area contributed by atoms with Crippen molar-refractivity contribution < 1.29 is 25.0 Å². The predicted molar refractivity (Wildman–Crippen MR) is 113 cm³/mol. The van der Waals surface area contributed by atoms with E-state index in [-0.39, 0.29) is 47.3 Å². The van der Waals surface area contributed by atoms with Crippen LogP contribution < -0.4 is 0 Å². The summed E-state index contributed by atoms with van der Waals surface area (Å²) in [4.78, 5) is 12.1. The van der Waals surface area contributed by atoms with Crippen molar-refractivity contribution in [2.75, 3.05) is 26.3 Å². The van der Waals surface area contributed by atoms with Crippen LogP contribution in [0.2, 0.25) is 0 Å². The van der Waals surface area contributed by atoms with Crippen LogP contribution in [0.4, 0.5) is 0 Å². The fourth-order valence-corrected chi connectivity index (χ4v) is 4.15. The Kier molecular flexibility index (Phi) is 6.90. The van der Waals surface area contributed by atoms with Gasteiger partial charge < -0.3 is 15.3 Å². The number of aliphatic hydroxyl groups is 3. The number of hydrogen-bond donors (Lipinski definition) is 3. The first kappa shape index (κ1) is 25.0. The molecule has 0 aliphatic carbocycles. The molecule has 0 aromatic rings. The number of rotatable bonds is 6. The molecule has 0 saturated carbocycles. The summed E-state index contributed by atoms with van der Waals surface area (Å²) in [5.74, 6) is 0. The van der Waals surface area contributed by atoms with Gasteiger partial charge in [-0.1, -0.05) is 27.7 Å². The van der Waals surface area contributed by atoms with Crippen LogP contribution in [0.25, 0.3) is 0 Å². The van der Waals surface area contributed by atoms with Crippen molar-refractivity contribution in [2.45, 2.75) is 104 Å². The Morgan fingerprint density at radius 2 is 1.07 bits per heavy atom. The topological polar surface area (TPSA) is 85.6 Å². The van der Waals surface area contributed by atoms with Crippen molar-refractivity contribution in [3.05, 3.63) is 0 Å². The summed E-state index contributed by atoms with van der Waals surface area (Å²) >= 11 is 0. The van der Waals surface area contributed by atoms with E-state index in [9.17, 15) is 15.3 Å². The van der Waals surface area contributed by atoms with Gasteiger partial charge in [-0.15, -0.1) is 0 Å². The van der Waals surface area contributed by atoms with E-state index in [0.717, 1.165) is 0 Å². The maximum Gasteiger partial charge on any atom is 0.112 e. The number of piperidine rings is 2. The summed E-state index contributed by atoms with van der Waals surface area (Å²) in [6.45, 7) is 19.5. The third-order valence-corrected chi connectivity index (χ3v) is 8.34. The second-order valence-corrected chi connectivity index (χ2v) is 11.4. The lowest BCUT2D eigenvalue weighted by Gasteiger charge is -2.55. The lowest BCUT2D eigenvalue weighted by atomic mass is 9.67. The summed E-state index contributed by atoms with van der Waals surface area (Å²) in [5.41, 5.74) is -2.60. The van der Waals surface area contributed by atoms with Crippen molar-refractivity contribution in [3.63, 3.8) is 0 Å². The molecule has 3 N–H and O–H groups in total. The van der Waals surface area contributed by atoms with E-state index < -0.39 is 5.60 Å². The van der Waals surface area contributed by atoms with Crippen LogP contribution >= 0.6 is 0 Å². The van der Waals surface area contributed by atoms with E-state index in [1.54, 1.807) is 6.92 Å². The quantitative estimate of drug-likeness (QED) is 0.613. The van der Waals surface area contributed by atoms with Gasteiger partial charge >= 0.3 is 0 Å². The summed E-state index contributed by atoms with van der Waals surface area (Å²) < 4.78 is 0. The van der Waals surface area contributed by atoms with Gasteiger partial charge in [-0.3, -0.25) is 9.68 Å². The van der Waals surface area contributed by atoms with Gasteiger partial charge in [0.05, 0.1) is 25.4 Å². The molecule has 2 unspecified atom stereocenters. The minimum atomic E-state index is -1.17. The van der Waals surface area contributed by atoms with Gasteiger partial charge in [0.25, 0.3) is 0 Å². The Morgan fingerprint density at radius 3 is 1.38 bits per heavy atom. The van der Waals surface area contributed by atoms with E-state index in [1.807, 2.05) is 37.8 Å². The molecule has 2 heterocycles. The van der Waals surface area contributed by atoms with Crippen LogP contribution in [0, 0.1) is 10.8 Å². The molecule has 2 atom stereocenters. The fraction of sp³-hybridized carbons (Fsp3) is 1.00. The van der Waals surface area contributed by atoms with E-state index in [2.05, 4.69) is 27.7 Å². The van der Waals surface area contributed by atoms with Gasteiger partial charge in [-0.25, -0.2) is 0 Å². The Bertz CT molecular complexity index is 526. The zero-order valence-electron chi connectivity index (χ0n) is 19.9. The van der Waals surface area contributed by atoms with Crippen molar-refractivity contribution >= 4 is 0 Å². The molecule has 172 valence electrons. The largest absolute Gasteiger partial charge is 0.392 e. The first-order valence-electron chi connectivity index (χ1n) is 10.9. The molecule has 0 aromatic carbocycles. The molecule has 7 heteroatoms. The molecular weight excluding hydrogens is 372 g/mol. The summed E-state index contributed by atoms with van der Waals surface area (Å²) in [6.07, 6.45) is 0.491. The van der Waals surface area contributed by atoms with Crippen LogP contribution in [0.3, 0.4) is 0 Å². The van der Waals surface area contributed by atoms with Gasteiger partial charge in [0.2, 0.25) is 0 Å². The highest BCUT2D eigenvalue weighted by molar-refractivity contribution is 5.02. The van der Waals surface area contributed by atoms with Crippen LogP contribution in [-0.4, -0.2) is 80.6 Å². The standard InChI is InChI=1S/C22H44N2O5/c1-18(2)16(25)10-12-23(20(18,5)6)28-14-22(9,27)15-29-24-13-11-17(26)19(3,4)21(24,7)8/h16-17,25-27H,10-15H2,1-9H3. The summed E-state index contributed by atoms with van der Waals surface area (Å²) in [6, 6.07) is 0. The minimum Gasteiger partial charge on any atom is -0.392 e. The molecular formula is C22H44N2O5. The zero-order valence-corrected chi connectivity index (χ0v) is 19.9. The van der Waals surface area contributed by atoms with E-state index in [4.69, 9.17) is 9.68 Å². The number of aliphatic hydroxyl groups excluding tert-OH is 2. The summed E-state index contributed by atoms with van der Waals surface area (Å²) in [5, 5.41) is 35.4. The van der Waals surface area contributed by atoms with E-state index in [1.165, 1.54) is 0 Å². The molecule has 29 heavy (non-hydrogen) atoms. The molecule has 0 radical (unpaired) electrons. The second-order valence-electron chi connectivity index (χ2n) is 11.4. The summed E-state index contributed by atoms with van der Waals surface area (Å²) in [7, 11) is 0. The number of nitrogens with zero attached hydrogens (tertiary/aromatic N) is 2. The first-order chi connectivity index (χ1) is 13.0. The smallest absolute Gasteiger partial charge is 0.112 e. The highest BCUT2D eigenvalue weighted by Gasteiger charge is 2.52. The molecule has 0 spiro atoms. The van der Waals surface area contributed by atoms with Gasteiger partial charge in [-0.05, 0) is 47.5 Å². The molecule has 0 bridgehead atoms. The highest BCUT2D eigenvalue weighted by atomic mass is 16.7. The SMILES string of the molecule is CC(O)(CON1CCC(O)C(C)(C)C1(C)C)CON1CCC(O)C(C)(C)C1(C)C. The first-order valence-corrected chi connectivity index (χ1v) is 10.9.